The minimum absolute atomic E-state index is 0.0473. The molecule has 2 rings (SSSR count). The van der Waals surface area contributed by atoms with Crippen molar-refractivity contribution in [1.82, 2.24) is 0 Å². The average Bonchev–Trinajstić information content (AvgIpc) is 2.54. The lowest BCUT2D eigenvalue weighted by Gasteiger charge is -2.20. The molecule has 0 fully saturated rings. The zero-order valence-electron chi connectivity index (χ0n) is 12.5. The van der Waals surface area contributed by atoms with E-state index in [1.165, 1.54) is 0 Å². The quantitative estimate of drug-likeness (QED) is 0.765. The lowest BCUT2D eigenvalue weighted by atomic mass is 10.1. The normalized spacial score (nSPS) is 10.0. The molecule has 0 unspecified atom stereocenters. The van der Waals surface area contributed by atoms with E-state index in [2.05, 4.69) is 0 Å². The molecule has 0 heterocycles. The van der Waals surface area contributed by atoms with Gasteiger partial charge in [-0.3, -0.25) is 4.79 Å². The van der Waals surface area contributed by atoms with Crippen LogP contribution in [-0.2, 0) is 0 Å². The van der Waals surface area contributed by atoms with E-state index in [0.717, 1.165) is 17.2 Å². The van der Waals surface area contributed by atoms with Gasteiger partial charge in [0.2, 0.25) is 0 Å². The fourth-order valence-electron chi connectivity index (χ4n) is 2.11. The molecule has 0 aliphatic heterocycles. The summed E-state index contributed by atoms with van der Waals surface area (Å²) in [6, 6.07) is 14.8. The Kier molecular flexibility index (Phi) is 4.82. The number of rotatable bonds is 6. The summed E-state index contributed by atoms with van der Waals surface area (Å²) >= 11 is 0. The van der Waals surface area contributed by atoms with E-state index in [0.29, 0.717) is 5.56 Å². The third-order valence-electron chi connectivity index (χ3n) is 3.29. The van der Waals surface area contributed by atoms with Crippen LogP contribution < -0.4 is 14.4 Å². The Labute approximate surface area is 124 Å². The Balaban J connectivity index is 2.11. The zero-order chi connectivity index (χ0) is 15.2. The Morgan fingerprint density at radius 2 is 1.67 bits per heavy atom. The number of ether oxygens (including phenoxy) is 2. The summed E-state index contributed by atoms with van der Waals surface area (Å²) in [6.07, 6.45) is 0. The lowest BCUT2D eigenvalue weighted by molar-refractivity contribution is 0.100. The molecule has 0 N–H and O–H groups in total. The van der Waals surface area contributed by atoms with Gasteiger partial charge in [-0.15, -0.1) is 0 Å². The van der Waals surface area contributed by atoms with Crippen LogP contribution in [0.5, 0.6) is 11.5 Å². The van der Waals surface area contributed by atoms with Crippen molar-refractivity contribution in [3.05, 3.63) is 54.1 Å². The molecule has 0 spiro atoms. The van der Waals surface area contributed by atoms with Crippen molar-refractivity contribution in [1.29, 1.82) is 0 Å². The summed E-state index contributed by atoms with van der Waals surface area (Å²) < 4.78 is 10.4. The fraction of sp³-hybridized carbons (Fsp3) is 0.235. The van der Waals surface area contributed by atoms with E-state index in [1.807, 2.05) is 36.2 Å². The number of anilines is 1. The maximum absolute atomic E-state index is 12.3. The summed E-state index contributed by atoms with van der Waals surface area (Å²) in [5, 5.41) is 0. The topological polar surface area (TPSA) is 38.8 Å². The van der Waals surface area contributed by atoms with Crippen LogP contribution in [0.15, 0.2) is 48.5 Å². The van der Waals surface area contributed by atoms with Gasteiger partial charge in [-0.25, -0.2) is 0 Å². The Hall–Kier alpha value is -2.49. The molecule has 0 bridgehead atoms. The Morgan fingerprint density at radius 1 is 1.00 bits per heavy atom. The van der Waals surface area contributed by atoms with Crippen LogP contribution in [0.1, 0.15) is 10.4 Å². The average molecular weight is 285 g/mol. The Bertz CT molecular complexity index is 608. The van der Waals surface area contributed by atoms with Gasteiger partial charge in [-0.05, 0) is 36.4 Å². The van der Waals surface area contributed by atoms with E-state index in [9.17, 15) is 4.79 Å². The fourth-order valence-corrected chi connectivity index (χ4v) is 2.11. The second-order valence-electron chi connectivity index (χ2n) is 4.68. The van der Waals surface area contributed by atoms with Crippen LogP contribution in [0.3, 0.4) is 0 Å². The minimum atomic E-state index is 0.0473. The van der Waals surface area contributed by atoms with E-state index < -0.39 is 0 Å². The zero-order valence-corrected chi connectivity index (χ0v) is 12.5. The number of hydrogen-bond donors (Lipinski definition) is 0. The number of Topliss-reactive ketones (excluding diaryl/α,β-unsaturated/α-hetero) is 1. The van der Waals surface area contributed by atoms with Crippen LogP contribution >= 0.6 is 0 Å². The third-order valence-corrected chi connectivity index (χ3v) is 3.29. The second-order valence-corrected chi connectivity index (χ2v) is 4.68. The molecule has 4 heteroatoms. The first-order chi connectivity index (χ1) is 10.2. The summed E-state index contributed by atoms with van der Waals surface area (Å²) in [7, 11) is 5.10. The number of methoxy groups -OCH3 is 2. The van der Waals surface area contributed by atoms with Crippen LogP contribution in [0, 0.1) is 0 Å². The van der Waals surface area contributed by atoms with Gasteiger partial charge in [0.15, 0.2) is 5.78 Å². The van der Waals surface area contributed by atoms with Crippen molar-refractivity contribution in [2.45, 2.75) is 0 Å². The first-order valence-corrected chi connectivity index (χ1v) is 6.67. The van der Waals surface area contributed by atoms with Gasteiger partial charge in [0.1, 0.15) is 11.5 Å². The predicted octanol–water partition coefficient (Wildman–Crippen LogP) is 3.02. The number of carbonyl (C=O) groups is 1. The van der Waals surface area contributed by atoms with Gasteiger partial charge in [0.25, 0.3) is 0 Å². The number of nitrogens with zero attached hydrogens (tertiary/aromatic N) is 1. The third kappa shape index (κ3) is 3.54. The standard InChI is InChI=1S/C17H19NO3/c1-18(15-6-4-5-7-17(15)21-3)12-16(19)13-8-10-14(20-2)11-9-13/h4-11H,12H2,1-3H3. The highest BCUT2D eigenvalue weighted by Crippen LogP contribution is 2.26. The molecule has 0 radical (unpaired) electrons. The van der Waals surface area contributed by atoms with Gasteiger partial charge >= 0.3 is 0 Å². The van der Waals surface area contributed by atoms with Crippen molar-refractivity contribution >= 4 is 11.5 Å². The smallest absolute Gasteiger partial charge is 0.182 e. The molecule has 2 aromatic rings. The number of ketones is 1. The van der Waals surface area contributed by atoms with Crippen molar-refractivity contribution in [3.8, 4) is 11.5 Å². The molecule has 110 valence electrons. The van der Waals surface area contributed by atoms with Crippen molar-refractivity contribution in [2.24, 2.45) is 0 Å². The molecule has 0 atom stereocenters. The first-order valence-electron chi connectivity index (χ1n) is 6.67. The first kappa shape index (κ1) is 14.9. The van der Waals surface area contributed by atoms with Crippen LogP contribution in [0.2, 0.25) is 0 Å². The number of hydrogen-bond acceptors (Lipinski definition) is 4. The predicted molar refractivity (Wildman–Crippen MR) is 83.6 cm³/mol. The van der Waals surface area contributed by atoms with Gasteiger partial charge in [-0.2, -0.15) is 0 Å². The van der Waals surface area contributed by atoms with Gasteiger partial charge in [0.05, 0.1) is 26.5 Å². The summed E-state index contributed by atoms with van der Waals surface area (Å²) in [4.78, 5) is 14.2. The molecule has 0 aromatic heterocycles. The van der Waals surface area contributed by atoms with Gasteiger partial charge in [-0.1, -0.05) is 12.1 Å². The monoisotopic (exact) mass is 285 g/mol. The molecule has 0 aliphatic carbocycles. The molecule has 21 heavy (non-hydrogen) atoms. The van der Waals surface area contributed by atoms with Crippen molar-refractivity contribution in [3.63, 3.8) is 0 Å². The van der Waals surface area contributed by atoms with Gasteiger partial charge in [0, 0.05) is 12.6 Å². The van der Waals surface area contributed by atoms with E-state index in [-0.39, 0.29) is 12.3 Å². The lowest BCUT2D eigenvalue weighted by Crippen LogP contribution is -2.26. The van der Waals surface area contributed by atoms with E-state index in [1.54, 1.807) is 38.5 Å². The molecule has 0 saturated heterocycles. The highest BCUT2D eigenvalue weighted by atomic mass is 16.5. The minimum Gasteiger partial charge on any atom is -0.497 e. The molecule has 0 aliphatic rings. The van der Waals surface area contributed by atoms with Crippen LogP contribution in [0.25, 0.3) is 0 Å². The highest BCUT2D eigenvalue weighted by molar-refractivity contribution is 5.99. The number of carbonyl (C=O) groups excluding carboxylic acids is 1. The SMILES string of the molecule is COc1ccc(C(=O)CN(C)c2ccccc2OC)cc1. The molecule has 0 saturated carbocycles. The van der Waals surface area contributed by atoms with E-state index >= 15 is 0 Å². The summed E-state index contributed by atoms with van der Waals surface area (Å²) in [6.45, 7) is 0.284. The maximum Gasteiger partial charge on any atom is 0.182 e. The molecular formula is C17H19NO3. The van der Waals surface area contributed by atoms with Crippen LogP contribution in [-0.4, -0.2) is 33.6 Å². The molecule has 2 aromatic carbocycles. The summed E-state index contributed by atoms with van der Waals surface area (Å²) in [5.74, 6) is 1.54. The second kappa shape index (κ2) is 6.79. The highest BCUT2D eigenvalue weighted by Gasteiger charge is 2.13. The largest absolute Gasteiger partial charge is 0.497 e. The Morgan fingerprint density at radius 3 is 2.29 bits per heavy atom. The van der Waals surface area contributed by atoms with Gasteiger partial charge < -0.3 is 14.4 Å². The maximum atomic E-state index is 12.3. The molecule has 4 nitrogen and oxygen atoms in total. The number of benzene rings is 2. The number of para-hydroxylation sites is 2. The van der Waals surface area contributed by atoms with Crippen LogP contribution in [0.4, 0.5) is 5.69 Å². The molecular weight excluding hydrogens is 266 g/mol. The van der Waals surface area contributed by atoms with Crippen molar-refractivity contribution < 1.29 is 14.3 Å². The number of likely N-dealkylation sites (N-methyl/N-ethyl adjacent to an activating group) is 1. The summed E-state index contributed by atoms with van der Waals surface area (Å²) in [5.41, 5.74) is 1.56. The van der Waals surface area contributed by atoms with Crippen molar-refractivity contribution in [2.75, 3.05) is 32.7 Å². The van der Waals surface area contributed by atoms with E-state index in [4.69, 9.17) is 9.47 Å². The molecule has 0 amide bonds.